The van der Waals surface area contributed by atoms with Crippen LogP contribution in [0.25, 0.3) is 0 Å². The quantitative estimate of drug-likeness (QED) is 0.0430. The van der Waals surface area contributed by atoms with E-state index in [0.717, 1.165) is 31.4 Å². The van der Waals surface area contributed by atoms with Crippen LogP contribution in [0.15, 0.2) is 24.3 Å². The van der Waals surface area contributed by atoms with Gasteiger partial charge in [-0.1, -0.05) is 102 Å². The van der Waals surface area contributed by atoms with Gasteiger partial charge in [0.1, 0.15) is 18.8 Å². The van der Waals surface area contributed by atoms with Gasteiger partial charge in [-0.15, -0.1) is 0 Å². The molecule has 284 valence electrons. The van der Waals surface area contributed by atoms with Gasteiger partial charge in [-0.25, -0.2) is 9.36 Å². The number of hydrogen-bond acceptors (Lipinski definition) is 6. The summed E-state index contributed by atoms with van der Waals surface area (Å²) < 4.78 is 27.9. The van der Waals surface area contributed by atoms with Gasteiger partial charge in [0.2, 0.25) is 5.91 Å². The zero-order valence-electron chi connectivity index (χ0n) is 31.9. The van der Waals surface area contributed by atoms with Crippen LogP contribution in [0.5, 0.6) is 0 Å². The third-order valence-corrected chi connectivity index (χ3v) is 9.14. The average molecular weight is 713 g/mol. The minimum atomic E-state index is -3.92. The normalized spacial score (nSPS) is 13.2. The molecule has 0 aliphatic rings. The summed E-state index contributed by atoms with van der Waals surface area (Å²) >= 11 is 0. The second-order valence-corrected chi connectivity index (χ2v) is 16.8. The lowest BCUT2D eigenvalue weighted by molar-refractivity contribution is -0.870. The Kier molecular flexibility index (Phi) is 23.8. The molecule has 1 unspecified atom stereocenters. The zero-order valence-corrected chi connectivity index (χ0v) is 32.8. The smallest absolute Gasteiger partial charge is 0.444 e. The number of hydrogen-bond donors (Lipinski definition) is 3. The number of carbonyl (C=O) groups is 2. The fourth-order valence-electron chi connectivity index (χ4n) is 5.29. The Bertz CT molecular complexity index is 1050. The first-order valence-corrected chi connectivity index (χ1v) is 20.4. The number of benzene rings is 1. The van der Waals surface area contributed by atoms with Crippen molar-refractivity contribution in [1.82, 2.24) is 5.32 Å². The van der Waals surface area contributed by atoms with Crippen molar-refractivity contribution in [2.75, 3.05) is 52.8 Å². The Morgan fingerprint density at radius 3 is 1.67 bits per heavy atom. The summed E-state index contributed by atoms with van der Waals surface area (Å²) in [4.78, 5) is 33.6. The van der Waals surface area contributed by atoms with Crippen molar-refractivity contribution in [3.8, 4) is 0 Å². The summed E-state index contributed by atoms with van der Waals surface area (Å²) in [5, 5.41) is 5.61. The Morgan fingerprint density at radius 1 is 0.714 bits per heavy atom. The first-order valence-electron chi connectivity index (χ1n) is 18.9. The second-order valence-electron chi connectivity index (χ2n) is 15.3. The molecule has 0 saturated carbocycles. The SMILES string of the molecule is CC(C)(C)OC(=O)NCCCC(=O)Nc1ccc(CCCCCCCCCCCCCCCCCCOP(=O)(O)OCC[N+](C)(C)C)cc1. The van der Waals surface area contributed by atoms with Gasteiger partial charge >= 0.3 is 13.9 Å². The maximum atomic E-state index is 12.2. The molecule has 0 radical (unpaired) electrons. The predicted molar refractivity (Wildman–Crippen MR) is 201 cm³/mol. The highest BCUT2D eigenvalue weighted by Crippen LogP contribution is 2.43. The van der Waals surface area contributed by atoms with Gasteiger partial charge in [0, 0.05) is 18.7 Å². The number of carbonyl (C=O) groups excluding carboxylic acids is 2. The maximum absolute atomic E-state index is 12.2. The van der Waals surface area contributed by atoms with E-state index in [1.165, 1.54) is 89.0 Å². The minimum Gasteiger partial charge on any atom is -0.444 e. The number of unbranched alkanes of at least 4 members (excludes halogenated alkanes) is 15. The molecular formula is C38H71N3O7P+. The number of rotatable bonds is 29. The van der Waals surface area contributed by atoms with E-state index >= 15 is 0 Å². The van der Waals surface area contributed by atoms with Gasteiger partial charge < -0.3 is 24.7 Å². The van der Waals surface area contributed by atoms with Gasteiger partial charge in [0.05, 0.1) is 27.7 Å². The zero-order chi connectivity index (χ0) is 36.4. The summed E-state index contributed by atoms with van der Waals surface area (Å²) in [5.74, 6) is -0.0572. The van der Waals surface area contributed by atoms with E-state index < -0.39 is 19.5 Å². The van der Waals surface area contributed by atoms with E-state index in [4.69, 9.17) is 13.8 Å². The summed E-state index contributed by atoms with van der Waals surface area (Å²) in [5.41, 5.74) is 1.58. The number of aryl methyl sites for hydroxylation is 1. The van der Waals surface area contributed by atoms with E-state index in [-0.39, 0.29) is 19.1 Å². The number of phosphoric acid groups is 1. The van der Waals surface area contributed by atoms with E-state index in [2.05, 4.69) is 22.8 Å². The molecule has 1 aromatic carbocycles. The lowest BCUT2D eigenvalue weighted by Gasteiger charge is -2.24. The van der Waals surface area contributed by atoms with Gasteiger partial charge in [0.15, 0.2) is 0 Å². The van der Waals surface area contributed by atoms with Crippen molar-refractivity contribution in [2.24, 2.45) is 0 Å². The van der Waals surface area contributed by atoms with E-state index in [0.29, 0.717) is 30.4 Å². The molecule has 10 nitrogen and oxygen atoms in total. The van der Waals surface area contributed by atoms with E-state index in [9.17, 15) is 19.0 Å². The molecular weight excluding hydrogens is 641 g/mol. The molecule has 11 heteroatoms. The molecule has 1 aromatic rings. The van der Waals surface area contributed by atoms with Crippen LogP contribution in [-0.2, 0) is 29.6 Å². The summed E-state index contributed by atoms with van der Waals surface area (Å²) in [6, 6.07) is 8.14. The first kappa shape index (κ1) is 45.1. The molecule has 3 N–H and O–H groups in total. The highest BCUT2D eigenvalue weighted by Gasteiger charge is 2.22. The summed E-state index contributed by atoms with van der Waals surface area (Å²) in [7, 11) is 2.11. The van der Waals surface area contributed by atoms with E-state index in [1.54, 1.807) is 0 Å². The van der Waals surface area contributed by atoms with Crippen molar-refractivity contribution >= 4 is 25.5 Å². The fourth-order valence-corrected chi connectivity index (χ4v) is 6.03. The monoisotopic (exact) mass is 713 g/mol. The molecule has 0 heterocycles. The van der Waals surface area contributed by atoms with Crippen LogP contribution < -0.4 is 10.6 Å². The maximum Gasteiger partial charge on any atom is 0.472 e. The van der Waals surface area contributed by atoms with Gasteiger partial charge in [0.25, 0.3) is 0 Å². The number of anilines is 1. The minimum absolute atomic E-state index is 0.0572. The number of amides is 2. The largest absolute Gasteiger partial charge is 0.472 e. The van der Waals surface area contributed by atoms with Crippen molar-refractivity contribution in [3.05, 3.63) is 29.8 Å². The third kappa shape index (κ3) is 29.5. The standard InChI is InChI=1S/C38H70N3O7P/c1-38(2,3)48-37(43)39-30-23-25-36(42)40-35-28-26-34(27-29-35)24-21-19-17-15-13-11-9-7-8-10-12-14-16-18-20-22-32-46-49(44,45)47-33-31-41(4,5)6/h26-29H,7-25,30-33H2,1-6H3,(H2-,39,40,42,43,44,45)/p+1. The average Bonchev–Trinajstić information content (AvgIpc) is 2.99. The van der Waals surface area contributed by atoms with Crippen LogP contribution in [0.2, 0.25) is 0 Å². The molecule has 1 rings (SSSR count). The number of quaternary nitrogens is 1. The molecule has 0 aliphatic carbocycles. The predicted octanol–water partition coefficient (Wildman–Crippen LogP) is 9.55. The van der Waals surface area contributed by atoms with Crippen LogP contribution in [0, 0.1) is 0 Å². The number of alkyl carbamates (subject to hydrolysis) is 1. The van der Waals surface area contributed by atoms with Crippen molar-refractivity contribution < 1.29 is 37.3 Å². The van der Waals surface area contributed by atoms with Crippen molar-refractivity contribution in [2.45, 2.75) is 148 Å². The number of likely N-dealkylation sites (N-methyl/N-ethyl adjacent to an activating group) is 1. The van der Waals surface area contributed by atoms with Crippen molar-refractivity contribution in [3.63, 3.8) is 0 Å². The number of phosphoric ester groups is 1. The van der Waals surface area contributed by atoms with Crippen LogP contribution in [0.1, 0.15) is 142 Å². The van der Waals surface area contributed by atoms with Gasteiger partial charge in [-0.3, -0.25) is 13.8 Å². The van der Waals surface area contributed by atoms with Gasteiger partial charge in [-0.2, -0.15) is 0 Å². The molecule has 0 fully saturated rings. The van der Waals surface area contributed by atoms with Crippen LogP contribution in [0.3, 0.4) is 0 Å². The number of nitrogens with zero attached hydrogens (tertiary/aromatic N) is 1. The van der Waals surface area contributed by atoms with Crippen LogP contribution >= 0.6 is 7.82 Å². The number of ether oxygens (including phenoxy) is 1. The topological polar surface area (TPSA) is 123 Å². The lowest BCUT2D eigenvalue weighted by atomic mass is 10.0. The molecule has 49 heavy (non-hydrogen) atoms. The highest BCUT2D eigenvalue weighted by molar-refractivity contribution is 7.47. The number of nitrogens with one attached hydrogen (secondary N) is 2. The highest BCUT2D eigenvalue weighted by atomic mass is 31.2. The van der Waals surface area contributed by atoms with Crippen LogP contribution in [0.4, 0.5) is 10.5 Å². The Labute approximate surface area is 298 Å². The third-order valence-electron chi connectivity index (χ3n) is 8.12. The van der Waals surface area contributed by atoms with Crippen LogP contribution in [-0.4, -0.2) is 74.4 Å². The van der Waals surface area contributed by atoms with E-state index in [1.807, 2.05) is 54.0 Å². The van der Waals surface area contributed by atoms with Crippen molar-refractivity contribution in [1.29, 1.82) is 0 Å². The Hall–Kier alpha value is -1.97. The molecule has 0 saturated heterocycles. The molecule has 2 amide bonds. The first-order chi connectivity index (χ1) is 23.2. The lowest BCUT2D eigenvalue weighted by Crippen LogP contribution is -2.37. The summed E-state index contributed by atoms with van der Waals surface area (Å²) in [6.07, 6.45) is 21.4. The molecule has 0 bridgehead atoms. The summed E-state index contributed by atoms with van der Waals surface area (Å²) in [6.45, 7) is 7.00. The Morgan fingerprint density at radius 2 is 1.18 bits per heavy atom. The molecule has 1 atom stereocenters. The second kappa shape index (κ2) is 25.9. The molecule has 0 aliphatic heterocycles. The Balaban J connectivity index is 1.89. The fraction of sp³-hybridized carbons (Fsp3) is 0.789. The molecule has 0 spiro atoms. The molecule has 0 aromatic heterocycles. The van der Waals surface area contributed by atoms with Gasteiger partial charge in [-0.05, 0) is 64.2 Å².